The normalized spacial score (nSPS) is 15.3. The van der Waals surface area contributed by atoms with Crippen LogP contribution in [0.1, 0.15) is 129 Å². The molecule has 0 aliphatic heterocycles. The van der Waals surface area contributed by atoms with Gasteiger partial charge in [0.2, 0.25) is 5.91 Å². The van der Waals surface area contributed by atoms with Crippen molar-refractivity contribution in [2.75, 3.05) is 40.9 Å². The largest absolute Gasteiger partial charge is 0.472 e. The van der Waals surface area contributed by atoms with Gasteiger partial charge in [-0.25, -0.2) is 4.57 Å². The number of hydrogen-bond donors (Lipinski definition) is 3. The predicted molar refractivity (Wildman–Crippen MR) is 175 cm³/mol. The molecule has 0 bridgehead atoms. The van der Waals surface area contributed by atoms with Crippen molar-refractivity contribution in [1.82, 2.24) is 5.32 Å². The Morgan fingerprint density at radius 3 is 1.88 bits per heavy atom. The van der Waals surface area contributed by atoms with E-state index in [1.54, 1.807) is 6.08 Å². The van der Waals surface area contributed by atoms with Crippen molar-refractivity contribution >= 4 is 13.7 Å². The third-order valence-electron chi connectivity index (χ3n) is 7.17. The molecule has 0 saturated carbocycles. The molecular weight excluding hydrogens is 551 g/mol. The second-order valence-electron chi connectivity index (χ2n) is 12.5. The van der Waals surface area contributed by atoms with E-state index >= 15 is 0 Å². The van der Waals surface area contributed by atoms with Crippen LogP contribution in [-0.4, -0.2) is 73.4 Å². The van der Waals surface area contributed by atoms with Crippen LogP contribution in [0, 0.1) is 0 Å². The average molecular weight is 618 g/mol. The van der Waals surface area contributed by atoms with Crippen LogP contribution in [0.25, 0.3) is 0 Å². The van der Waals surface area contributed by atoms with E-state index in [9.17, 15) is 19.4 Å². The van der Waals surface area contributed by atoms with Gasteiger partial charge in [-0.2, -0.15) is 0 Å². The predicted octanol–water partition coefficient (Wildman–Crippen LogP) is 7.85. The lowest BCUT2D eigenvalue weighted by atomic mass is 10.1. The second-order valence-corrected chi connectivity index (χ2v) is 14.0. The zero-order chi connectivity index (χ0) is 31.5. The zero-order valence-electron chi connectivity index (χ0n) is 27.7. The molecule has 3 atom stereocenters. The fourth-order valence-electron chi connectivity index (χ4n) is 4.38. The van der Waals surface area contributed by atoms with Gasteiger partial charge in [-0.05, 0) is 44.9 Å². The van der Waals surface area contributed by atoms with Crippen LogP contribution in [0.3, 0.4) is 0 Å². The molecule has 0 aromatic heterocycles. The lowest BCUT2D eigenvalue weighted by Crippen LogP contribution is -2.45. The van der Waals surface area contributed by atoms with Gasteiger partial charge in [-0.3, -0.25) is 13.8 Å². The van der Waals surface area contributed by atoms with E-state index in [1.165, 1.54) is 57.8 Å². The number of aliphatic hydroxyl groups excluding tert-OH is 1. The van der Waals surface area contributed by atoms with Gasteiger partial charge in [0.25, 0.3) is 0 Å². The van der Waals surface area contributed by atoms with Crippen molar-refractivity contribution in [2.45, 2.75) is 142 Å². The fourth-order valence-corrected chi connectivity index (χ4v) is 5.12. The lowest BCUT2D eigenvalue weighted by molar-refractivity contribution is -0.870. The van der Waals surface area contributed by atoms with E-state index in [1.807, 2.05) is 27.2 Å². The van der Waals surface area contributed by atoms with Crippen molar-refractivity contribution in [3.8, 4) is 0 Å². The van der Waals surface area contributed by atoms with Gasteiger partial charge in [0.15, 0.2) is 0 Å². The zero-order valence-corrected chi connectivity index (χ0v) is 28.6. The minimum atomic E-state index is -4.32. The van der Waals surface area contributed by atoms with Crippen LogP contribution < -0.4 is 5.32 Å². The molecule has 3 N–H and O–H groups in total. The number of aliphatic hydroxyl groups is 1. The van der Waals surface area contributed by atoms with E-state index in [4.69, 9.17) is 9.05 Å². The molecule has 0 aliphatic carbocycles. The Labute approximate surface area is 258 Å². The van der Waals surface area contributed by atoms with Crippen molar-refractivity contribution in [1.29, 1.82) is 0 Å². The maximum absolute atomic E-state index is 12.7. The number of unbranched alkanes of at least 4 members (excludes halogenated alkanes) is 14. The SMILES string of the molecule is CCCCC/C=C\CCCCCCCC(=O)NC(COP(=O)(O)OCC[N+](C)(C)C)C(O)/C=C/CCCCCCCC. The third kappa shape index (κ3) is 27.8. The molecule has 0 aromatic carbocycles. The highest BCUT2D eigenvalue weighted by atomic mass is 31.2. The molecule has 248 valence electrons. The first-order chi connectivity index (χ1) is 20.0. The van der Waals surface area contributed by atoms with Gasteiger partial charge in [0.1, 0.15) is 13.2 Å². The summed E-state index contributed by atoms with van der Waals surface area (Å²) in [4.78, 5) is 22.8. The highest BCUT2D eigenvalue weighted by molar-refractivity contribution is 7.47. The summed E-state index contributed by atoms with van der Waals surface area (Å²) in [6.07, 6.45) is 26.7. The number of phosphoric acid groups is 1. The summed E-state index contributed by atoms with van der Waals surface area (Å²) in [6, 6.07) is -0.843. The minimum absolute atomic E-state index is 0.0598. The van der Waals surface area contributed by atoms with E-state index in [0.717, 1.165) is 51.4 Å². The van der Waals surface area contributed by atoms with Crippen molar-refractivity contribution < 1.29 is 32.9 Å². The molecule has 0 aliphatic rings. The van der Waals surface area contributed by atoms with Crippen LogP contribution in [-0.2, 0) is 18.4 Å². The van der Waals surface area contributed by atoms with Gasteiger partial charge in [-0.1, -0.05) is 102 Å². The summed E-state index contributed by atoms with van der Waals surface area (Å²) < 4.78 is 23.3. The van der Waals surface area contributed by atoms with Gasteiger partial charge in [-0.15, -0.1) is 0 Å². The monoisotopic (exact) mass is 617 g/mol. The Morgan fingerprint density at radius 1 is 0.786 bits per heavy atom. The van der Waals surface area contributed by atoms with Crippen molar-refractivity contribution in [3.63, 3.8) is 0 Å². The molecule has 0 heterocycles. The standard InChI is InChI=1S/C33H65N2O6P/c1-6-8-10-12-14-16-17-18-19-21-23-25-27-33(37)34-31(30-41-42(38,39)40-29-28-35(3,4)5)32(36)26-24-22-20-15-13-11-9-7-2/h14,16,24,26,31-32,36H,6-13,15,17-23,25,27-30H2,1-5H3,(H-,34,37,38,39)/p+1/b16-14-,26-24+. The molecule has 1 amide bonds. The number of nitrogens with zero attached hydrogens (tertiary/aromatic N) is 1. The summed E-state index contributed by atoms with van der Waals surface area (Å²) in [5.41, 5.74) is 0. The Hall–Kier alpha value is -1.02. The molecule has 0 rings (SSSR count). The first kappa shape index (κ1) is 41.0. The molecule has 0 aromatic rings. The van der Waals surface area contributed by atoms with Crippen LogP contribution in [0.5, 0.6) is 0 Å². The Morgan fingerprint density at radius 2 is 1.29 bits per heavy atom. The second kappa shape index (κ2) is 26.4. The van der Waals surface area contributed by atoms with Crippen molar-refractivity contribution in [3.05, 3.63) is 24.3 Å². The average Bonchev–Trinajstić information content (AvgIpc) is 2.92. The highest BCUT2D eigenvalue weighted by Crippen LogP contribution is 2.43. The van der Waals surface area contributed by atoms with Gasteiger partial charge in [0.05, 0.1) is 39.9 Å². The summed E-state index contributed by atoms with van der Waals surface area (Å²) in [7, 11) is 1.56. The van der Waals surface area contributed by atoms with Crippen LogP contribution >= 0.6 is 7.82 Å². The number of carbonyl (C=O) groups excluding carboxylic acids is 1. The van der Waals surface area contributed by atoms with Gasteiger partial charge < -0.3 is 19.8 Å². The Kier molecular flexibility index (Phi) is 25.7. The molecule has 0 radical (unpaired) electrons. The summed E-state index contributed by atoms with van der Waals surface area (Å²) >= 11 is 0. The number of phosphoric ester groups is 1. The number of nitrogens with one attached hydrogen (secondary N) is 1. The van der Waals surface area contributed by atoms with Crippen LogP contribution in [0.2, 0.25) is 0 Å². The number of rotatable bonds is 29. The molecular formula is C33H66N2O6P+. The summed E-state index contributed by atoms with van der Waals surface area (Å²) in [5, 5.41) is 13.6. The maximum atomic E-state index is 12.7. The quantitative estimate of drug-likeness (QED) is 0.0342. The van der Waals surface area contributed by atoms with E-state index in [0.29, 0.717) is 17.4 Å². The topological polar surface area (TPSA) is 105 Å². The summed E-state index contributed by atoms with van der Waals surface area (Å²) in [6.45, 7) is 4.70. The van der Waals surface area contributed by atoms with E-state index in [2.05, 4.69) is 31.3 Å². The number of carbonyl (C=O) groups is 1. The first-order valence-corrected chi connectivity index (χ1v) is 18.2. The molecule has 8 nitrogen and oxygen atoms in total. The fraction of sp³-hybridized carbons (Fsp3) is 0.848. The maximum Gasteiger partial charge on any atom is 0.472 e. The molecule has 3 unspecified atom stereocenters. The van der Waals surface area contributed by atoms with Gasteiger partial charge >= 0.3 is 7.82 Å². The number of likely N-dealkylation sites (N-methyl/N-ethyl adjacent to an activating group) is 1. The third-order valence-corrected chi connectivity index (χ3v) is 8.15. The molecule has 9 heteroatoms. The molecule has 42 heavy (non-hydrogen) atoms. The van der Waals surface area contributed by atoms with E-state index in [-0.39, 0.29) is 19.1 Å². The smallest absolute Gasteiger partial charge is 0.387 e. The van der Waals surface area contributed by atoms with Crippen LogP contribution in [0.15, 0.2) is 24.3 Å². The first-order valence-electron chi connectivity index (χ1n) is 16.7. The minimum Gasteiger partial charge on any atom is -0.387 e. The number of hydrogen-bond acceptors (Lipinski definition) is 5. The Bertz CT molecular complexity index is 753. The van der Waals surface area contributed by atoms with Crippen LogP contribution in [0.4, 0.5) is 0 Å². The molecule has 0 spiro atoms. The van der Waals surface area contributed by atoms with E-state index < -0.39 is 20.0 Å². The Balaban J connectivity index is 4.61. The molecule has 0 saturated heterocycles. The number of allylic oxidation sites excluding steroid dienone is 3. The number of amides is 1. The van der Waals surface area contributed by atoms with Gasteiger partial charge in [0, 0.05) is 6.42 Å². The number of quaternary nitrogens is 1. The highest BCUT2D eigenvalue weighted by Gasteiger charge is 2.27. The van der Waals surface area contributed by atoms with Crippen molar-refractivity contribution in [2.24, 2.45) is 0 Å². The molecule has 0 fully saturated rings. The lowest BCUT2D eigenvalue weighted by Gasteiger charge is -2.25. The summed E-state index contributed by atoms with van der Waals surface area (Å²) in [5.74, 6) is -0.194.